The van der Waals surface area contributed by atoms with Crippen LogP contribution in [0, 0.1) is 0 Å². The number of hydrogen-bond donors (Lipinski definition) is 2. The minimum absolute atomic E-state index is 1.82. The molecule has 7 heavy (non-hydrogen) atoms. The summed E-state index contributed by atoms with van der Waals surface area (Å²) in [4.78, 5) is 2.00. The van der Waals surface area contributed by atoms with Crippen LogP contribution in [0.25, 0.3) is 0 Å². The van der Waals surface area contributed by atoms with Gasteiger partial charge in [0.15, 0.2) is 0 Å². The van der Waals surface area contributed by atoms with Crippen LogP contribution in [0.4, 0.5) is 0 Å². The van der Waals surface area contributed by atoms with Crippen molar-refractivity contribution < 1.29 is 0 Å². The quantitative estimate of drug-likeness (QED) is 0.259. The molecule has 4 heteroatoms. The Morgan fingerprint density at radius 2 is 1.43 bits per heavy atom. The summed E-state index contributed by atoms with van der Waals surface area (Å²) in [5, 5.41) is 0. The van der Waals surface area contributed by atoms with E-state index in [-0.39, 0.29) is 0 Å². The largest absolute Gasteiger partial charge is 0.312 e. The number of nitrogens with one attached hydrogen (secondary N) is 1. The highest BCUT2D eigenvalue weighted by molar-refractivity contribution is 14.1. The van der Waals surface area contributed by atoms with Gasteiger partial charge in [-0.25, -0.2) is 3.64 Å². The molecule has 3 N–H and O–H groups in total. The van der Waals surface area contributed by atoms with Crippen LogP contribution in [0.5, 0.6) is 0 Å². The lowest BCUT2D eigenvalue weighted by molar-refractivity contribution is 0.505. The Hall–Kier alpha value is 0.610. The predicted molar refractivity (Wildman–Crippen MR) is 41.0 cm³/mol. The molecule has 0 atom stereocenters. The first-order valence-electron chi connectivity index (χ1n) is 1.82. The third-order valence-corrected chi connectivity index (χ3v) is 0. The van der Waals surface area contributed by atoms with E-state index in [0.29, 0.717) is 0 Å². The van der Waals surface area contributed by atoms with Gasteiger partial charge >= 0.3 is 0 Å². The molecule has 0 saturated heterocycles. The van der Waals surface area contributed by atoms with Crippen LogP contribution in [0.15, 0.2) is 0 Å². The Kier molecular flexibility index (Phi) is 14.8. The average Bonchev–Trinajstić information content (AvgIpc) is 1.33. The summed E-state index contributed by atoms with van der Waals surface area (Å²) in [6, 6.07) is 0. The van der Waals surface area contributed by atoms with Gasteiger partial charge in [-0.2, -0.15) is 0 Å². The second kappa shape index (κ2) is 9.79. The SMILES string of the molecule is CN(C)C.NNI. The van der Waals surface area contributed by atoms with Gasteiger partial charge in [0.1, 0.15) is 0 Å². The molecular formula is C3H12IN3. The number of halogens is 1. The summed E-state index contributed by atoms with van der Waals surface area (Å²) in [7, 11) is 6.00. The summed E-state index contributed by atoms with van der Waals surface area (Å²) in [5.41, 5.74) is 0. The Labute approximate surface area is 58.7 Å². The fraction of sp³-hybridized carbons (Fsp3) is 1.00. The van der Waals surface area contributed by atoms with Gasteiger partial charge in [0.25, 0.3) is 0 Å². The van der Waals surface area contributed by atoms with Crippen molar-refractivity contribution in [2.45, 2.75) is 0 Å². The number of nitrogens with two attached hydrogens (primary N) is 1. The molecule has 0 unspecified atom stereocenters. The van der Waals surface area contributed by atoms with E-state index >= 15 is 0 Å². The van der Waals surface area contributed by atoms with Crippen LogP contribution in [-0.2, 0) is 0 Å². The number of hydrogen-bond acceptors (Lipinski definition) is 3. The molecule has 0 aliphatic heterocycles. The average molecular weight is 217 g/mol. The zero-order valence-corrected chi connectivity index (χ0v) is 7.06. The summed E-state index contributed by atoms with van der Waals surface area (Å²) >= 11 is 1.82. The highest BCUT2D eigenvalue weighted by Crippen LogP contribution is 1.47. The zero-order valence-electron chi connectivity index (χ0n) is 4.90. The number of rotatable bonds is 0. The molecular weight excluding hydrogens is 205 g/mol. The molecule has 0 aliphatic rings. The molecule has 0 aromatic heterocycles. The maximum Gasteiger partial charge on any atom is 0.0332 e. The third-order valence-electron chi connectivity index (χ3n) is 0. The zero-order chi connectivity index (χ0) is 6.28. The van der Waals surface area contributed by atoms with E-state index < -0.39 is 0 Å². The predicted octanol–water partition coefficient (Wildman–Crippen LogP) is -0.0225. The second-order valence-electron chi connectivity index (χ2n) is 1.45. The van der Waals surface area contributed by atoms with Gasteiger partial charge in [0.05, 0.1) is 0 Å². The van der Waals surface area contributed by atoms with Crippen molar-refractivity contribution in [2.24, 2.45) is 5.84 Å². The van der Waals surface area contributed by atoms with E-state index in [1.165, 1.54) is 0 Å². The minimum atomic E-state index is 1.82. The lowest BCUT2D eigenvalue weighted by Crippen LogP contribution is -2.04. The molecule has 0 rings (SSSR count). The van der Waals surface area contributed by atoms with E-state index in [2.05, 4.69) is 9.48 Å². The number of hydrazine groups is 1. The summed E-state index contributed by atoms with van der Waals surface area (Å²) in [6.45, 7) is 0. The Morgan fingerprint density at radius 1 is 1.43 bits per heavy atom. The van der Waals surface area contributed by atoms with E-state index in [0.717, 1.165) is 0 Å². The Bertz CT molecular complexity index is 21.4. The molecule has 0 spiro atoms. The van der Waals surface area contributed by atoms with Gasteiger partial charge in [-0.05, 0) is 21.1 Å². The first-order valence-corrected chi connectivity index (χ1v) is 2.90. The molecule has 46 valence electrons. The van der Waals surface area contributed by atoms with Crippen LogP contribution in [0.3, 0.4) is 0 Å². The molecule has 0 aliphatic carbocycles. The first kappa shape index (κ1) is 10.6. The van der Waals surface area contributed by atoms with Crippen molar-refractivity contribution in [3.05, 3.63) is 0 Å². The highest BCUT2D eigenvalue weighted by atomic mass is 127. The lowest BCUT2D eigenvalue weighted by atomic mass is 11.0. The molecule has 0 aromatic carbocycles. The van der Waals surface area contributed by atoms with Crippen molar-refractivity contribution >= 4 is 22.9 Å². The first-order chi connectivity index (χ1) is 3.15. The van der Waals surface area contributed by atoms with Crippen LogP contribution in [0.2, 0.25) is 0 Å². The lowest BCUT2D eigenvalue weighted by Gasteiger charge is -1.90. The smallest absolute Gasteiger partial charge is 0.0332 e. The number of nitrogens with zero attached hydrogens (tertiary/aromatic N) is 1. The second-order valence-corrected chi connectivity index (χ2v) is 2.07. The third kappa shape index (κ3) is 378. The topological polar surface area (TPSA) is 41.3 Å². The maximum atomic E-state index is 4.58. The van der Waals surface area contributed by atoms with Gasteiger partial charge in [-0.1, -0.05) is 0 Å². The van der Waals surface area contributed by atoms with Crippen LogP contribution in [-0.4, -0.2) is 26.0 Å². The van der Waals surface area contributed by atoms with Crippen LogP contribution in [0.1, 0.15) is 0 Å². The van der Waals surface area contributed by atoms with E-state index in [1.807, 2.05) is 48.9 Å². The minimum Gasteiger partial charge on any atom is -0.312 e. The fourth-order valence-electron chi connectivity index (χ4n) is 0. The van der Waals surface area contributed by atoms with Gasteiger partial charge in [0.2, 0.25) is 0 Å². The standard InChI is InChI=1S/C3H9N.H3IN2/c1-4(2)3;1-3-2/h1-3H3;3H,2H2. The molecule has 0 bridgehead atoms. The van der Waals surface area contributed by atoms with E-state index in [4.69, 9.17) is 0 Å². The van der Waals surface area contributed by atoms with Crippen molar-refractivity contribution in [3.63, 3.8) is 0 Å². The monoisotopic (exact) mass is 217 g/mol. The van der Waals surface area contributed by atoms with Crippen molar-refractivity contribution in [1.82, 2.24) is 8.54 Å². The van der Waals surface area contributed by atoms with Crippen LogP contribution >= 0.6 is 22.9 Å². The van der Waals surface area contributed by atoms with Crippen molar-refractivity contribution in [1.29, 1.82) is 0 Å². The molecule has 0 fully saturated rings. The molecule has 0 aromatic rings. The highest BCUT2D eigenvalue weighted by Gasteiger charge is 1.58. The van der Waals surface area contributed by atoms with Crippen molar-refractivity contribution in [3.8, 4) is 0 Å². The summed E-state index contributed by atoms with van der Waals surface area (Å²) in [5.74, 6) is 4.58. The van der Waals surface area contributed by atoms with E-state index in [9.17, 15) is 0 Å². The molecule has 0 saturated carbocycles. The summed E-state index contributed by atoms with van der Waals surface area (Å²) < 4.78 is 2.22. The molecule has 3 nitrogen and oxygen atoms in total. The summed E-state index contributed by atoms with van der Waals surface area (Å²) in [6.07, 6.45) is 0. The Morgan fingerprint density at radius 3 is 1.43 bits per heavy atom. The van der Waals surface area contributed by atoms with E-state index in [1.54, 1.807) is 0 Å². The van der Waals surface area contributed by atoms with Crippen LogP contribution < -0.4 is 9.48 Å². The van der Waals surface area contributed by atoms with Crippen molar-refractivity contribution in [2.75, 3.05) is 21.1 Å². The molecule has 0 heterocycles. The van der Waals surface area contributed by atoms with Gasteiger partial charge in [-0.3, -0.25) is 5.84 Å². The van der Waals surface area contributed by atoms with Gasteiger partial charge in [-0.15, -0.1) is 0 Å². The maximum absolute atomic E-state index is 4.58. The fourth-order valence-corrected chi connectivity index (χ4v) is 0. The molecule has 0 amide bonds. The Balaban J connectivity index is 0. The normalized spacial score (nSPS) is 7.71. The van der Waals surface area contributed by atoms with Gasteiger partial charge < -0.3 is 4.90 Å². The van der Waals surface area contributed by atoms with Gasteiger partial charge in [0, 0.05) is 22.9 Å². The molecule has 0 radical (unpaired) electrons.